The molecule has 2 rings (SSSR count). The van der Waals surface area contributed by atoms with Crippen molar-refractivity contribution < 1.29 is 9.59 Å². The van der Waals surface area contributed by atoms with Crippen molar-refractivity contribution in [1.29, 1.82) is 0 Å². The average Bonchev–Trinajstić information content (AvgIpc) is 2.36. The number of carbonyl (C=O) groups excluding carboxylic acids is 2. The third-order valence-corrected chi connectivity index (χ3v) is 3.28. The van der Waals surface area contributed by atoms with Gasteiger partial charge in [0.1, 0.15) is 0 Å². The number of hydrogen-bond acceptors (Lipinski definition) is 3. The Hall–Kier alpha value is -1.59. The van der Waals surface area contributed by atoms with Crippen LogP contribution in [0, 0.1) is 5.92 Å². The third kappa shape index (κ3) is 4.21. The molecule has 1 aromatic rings. The van der Waals surface area contributed by atoms with Gasteiger partial charge in [-0.3, -0.25) is 9.59 Å². The molecule has 0 aliphatic carbocycles. The van der Waals surface area contributed by atoms with Crippen LogP contribution in [0.1, 0.15) is 15.9 Å². The van der Waals surface area contributed by atoms with E-state index in [-0.39, 0.29) is 30.1 Å². The van der Waals surface area contributed by atoms with Crippen LogP contribution in [-0.4, -0.2) is 38.5 Å². The molecule has 5 nitrogen and oxygen atoms in total. The first-order chi connectivity index (χ1) is 9.20. The maximum Gasteiger partial charge on any atom is 0.251 e. The number of rotatable bonds is 5. The van der Waals surface area contributed by atoms with E-state index < -0.39 is 0 Å². The fourth-order valence-electron chi connectivity index (χ4n) is 1.96. The van der Waals surface area contributed by atoms with Crippen molar-refractivity contribution in [3.05, 3.63) is 35.4 Å². The van der Waals surface area contributed by atoms with Gasteiger partial charge < -0.3 is 16.0 Å². The molecular weight excluding hydrogens is 278 g/mol. The van der Waals surface area contributed by atoms with Crippen LogP contribution in [0.25, 0.3) is 0 Å². The molecule has 20 heavy (non-hydrogen) atoms. The van der Waals surface area contributed by atoms with Crippen LogP contribution in [0.3, 0.4) is 0 Å². The van der Waals surface area contributed by atoms with Crippen LogP contribution < -0.4 is 16.0 Å². The van der Waals surface area contributed by atoms with Crippen LogP contribution in [0.15, 0.2) is 24.3 Å². The highest BCUT2D eigenvalue weighted by molar-refractivity contribution is 5.94. The molecule has 3 N–H and O–H groups in total. The second-order valence-electron chi connectivity index (χ2n) is 4.68. The maximum absolute atomic E-state index is 11.6. The topological polar surface area (TPSA) is 70.2 Å². The first-order valence-electron chi connectivity index (χ1n) is 6.50. The molecule has 0 spiro atoms. The quantitative estimate of drug-likeness (QED) is 0.734. The zero-order chi connectivity index (χ0) is 13.7. The van der Waals surface area contributed by atoms with Gasteiger partial charge in [0.05, 0.1) is 5.92 Å². The lowest BCUT2D eigenvalue weighted by Gasteiger charge is -2.25. The van der Waals surface area contributed by atoms with E-state index in [1.54, 1.807) is 13.1 Å². The lowest BCUT2D eigenvalue weighted by atomic mass is 10.0. The highest BCUT2D eigenvalue weighted by Crippen LogP contribution is 2.06. The van der Waals surface area contributed by atoms with E-state index >= 15 is 0 Å². The monoisotopic (exact) mass is 297 g/mol. The van der Waals surface area contributed by atoms with Crippen LogP contribution in [0.5, 0.6) is 0 Å². The number of nitrogens with one attached hydrogen (secondary N) is 3. The summed E-state index contributed by atoms with van der Waals surface area (Å²) in [4.78, 5) is 23.1. The first kappa shape index (κ1) is 16.5. The van der Waals surface area contributed by atoms with Gasteiger partial charge in [0.15, 0.2) is 0 Å². The summed E-state index contributed by atoms with van der Waals surface area (Å²) < 4.78 is 0. The standard InChI is InChI=1S/C14H19N3O2.ClH/c1-15-13(18)11-4-2-3-10(7-11)5-6-17-14(19)12-8-16-9-12;/h2-4,7,12,16H,5-6,8-9H2,1H3,(H,15,18)(H,17,19);1H. The minimum atomic E-state index is -0.0913. The van der Waals surface area contributed by atoms with E-state index in [4.69, 9.17) is 0 Å². The Morgan fingerprint density at radius 3 is 2.70 bits per heavy atom. The number of hydrogen-bond donors (Lipinski definition) is 3. The Balaban J connectivity index is 0.00000200. The van der Waals surface area contributed by atoms with Gasteiger partial charge in [0.2, 0.25) is 5.91 Å². The minimum absolute atomic E-state index is 0. The van der Waals surface area contributed by atoms with Gasteiger partial charge in [-0.05, 0) is 24.1 Å². The highest BCUT2D eigenvalue weighted by atomic mass is 35.5. The molecule has 0 aromatic heterocycles. The molecule has 0 radical (unpaired) electrons. The summed E-state index contributed by atoms with van der Waals surface area (Å²) in [7, 11) is 1.61. The van der Waals surface area contributed by atoms with Crippen molar-refractivity contribution in [3.8, 4) is 0 Å². The molecule has 1 fully saturated rings. The molecule has 1 aliphatic rings. The van der Waals surface area contributed by atoms with Crippen molar-refractivity contribution in [2.24, 2.45) is 5.92 Å². The lowest BCUT2D eigenvalue weighted by molar-refractivity contribution is -0.126. The number of benzene rings is 1. The molecule has 110 valence electrons. The normalized spacial score (nSPS) is 13.8. The van der Waals surface area contributed by atoms with E-state index in [1.807, 2.05) is 18.2 Å². The average molecular weight is 298 g/mol. The second-order valence-corrected chi connectivity index (χ2v) is 4.68. The van der Waals surface area contributed by atoms with E-state index in [2.05, 4.69) is 16.0 Å². The summed E-state index contributed by atoms with van der Waals surface area (Å²) in [5.41, 5.74) is 1.70. The van der Waals surface area contributed by atoms with Crippen molar-refractivity contribution in [1.82, 2.24) is 16.0 Å². The van der Waals surface area contributed by atoms with Crippen molar-refractivity contribution >= 4 is 24.2 Å². The predicted octanol–water partition coefficient (Wildman–Crippen LogP) is 0.346. The van der Waals surface area contributed by atoms with Crippen molar-refractivity contribution in [2.45, 2.75) is 6.42 Å². The molecule has 2 amide bonds. The Bertz CT molecular complexity index is 475. The molecular formula is C14H20ClN3O2. The van der Waals surface area contributed by atoms with Gasteiger partial charge in [-0.2, -0.15) is 0 Å². The van der Waals surface area contributed by atoms with Crippen LogP contribution in [0.4, 0.5) is 0 Å². The number of carbonyl (C=O) groups is 2. The highest BCUT2D eigenvalue weighted by Gasteiger charge is 2.24. The molecule has 1 aromatic carbocycles. The Labute approximate surface area is 124 Å². The molecule has 1 heterocycles. The molecule has 0 bridgehead atoms. The summed E-state index contributed by atoms with van der Waals surface area (Å²) >= 11 is 0. The largest absolute Gasteiger partial charge is 0.355 e. The zero-order valence-electron chi connectivity index (χ0n) is 11.4. The van der Waals surface area contributed by atoms with Gasteiger partial charge >= 0.3 is 0 Å². The van der Waals surface area contributed by atoms with E-state index in [0.717, 1.165) is 25.1 Å². The second kappa shape index (κ2) is 7.87. The Kier molecular flexibility index (Phi) is 6.48. The van der Waals surface area contributed by atoms with Gasteiger partial charge in [0.25, 0.3) is 5.91 Å². The summed E-state index contributed by atoms with van der Waals surface area (Å²) in [6.07, 6.45) is 0.733. The number of halogens is 1. The fourth-order valence-corrected chi connectivity index (χ4v) is 1.96. The van der Waals surface area contributed by atoms with Crippen LogP contribution in [0.2, 0.25) is 0 Å². The Morgan fingerprint density at radius 2 is 2.10 bits per heavy atom. The van der Waals surface area contributed by atoms with Crippen molar-refractivity contribution in [3.63, 3.8) is 0 Å². The smallest absolute Gasteiger partial charge is 0.251 e. The van der Waals surface area contributed by atoms with Gasteiger partial charge in [-0.1, -0.05) is 12.1 Å². The summed E-state index contributed by atoms with van der Waals surface area (Å²) in [5, 5.41) is 8.58. The van der Waals surface area contributed by atoms with Crippen molar-refractivity contribution in [2.75, 3.05) is 26.7 Å². The zero-order valence-corrected chi connectivity index (χ0v) is 12.3. The van der Waals surface area contributed by atoms with E-state index in [9.17, 15) is 9.59 Å². The molecule has 0 saturated carbocycles. The third-order valence-electron chi connectivity index (χ3n) is 3.28. The fraction of sp³-hybridized carbons (Fsp3) is 0.429. The lowest BCUT2D eigenvalue weighted by Crippen LogP contribution is -2.51. The summed E-state index contributed by atoms with van der Waals surface area (Å²) in [6.45, 7) is 2.16. The molecule has 0 atom stereocenters. The molecule has 1 saturated heterocycles. The van der Waals surface area contributed by atoms with E-state index in [0.29, 0.717) is 12.1 Å². The molecule has 0 unspecified atom stereocenters. The predicted molar refractivity (Wildman–Crippen MR) is 80.2 cm³/mol. The van der Waals surface area contributed by atoms with Crippen LogP contribution >= 0.6 is 12.4 Å². The molecule has 1 aliphatic heterocycles. The van der Waals surface area contributed by atoms with E-state index in [1.165, 1.54) is 0 Å². The first-order valence-corrected chi connectivity index (χ1v) is 6.50. The minimum Gasteiger partial charge on any atom is -0.355 e. The molecule has 6 heteroatoms. The van der Waals surface area contributed by atoms with Gasteiger partial charge in [-0.25, -0.2) is 0 Å². The van der Waals surface area contributed by atoms with Gasteiger partial charge in [0, 0.05) is 32.2 Å². The SMILES string of the molecule is CNC(=O)c1cccc(CCNC(=O)C2CNC2)c1.Cl. The summed E-state index contributed by atoms with van der Waals surface area (Å²) in [5.74, 6) is 0.143. The summed E-state index contributed by atoms with van der Waals surface area (Å²) in [6, 6.07) is 7.46. The number of amides is 2. The Morgan fingerprint density at radius 1 is 1.35 bits per heavy atom. The maximum atomic E-state index is 11.6. The van der Waals surface area contributed by atoms with Gasteiger partial charge in [-0.15, -0.1) is 12.4 Å². The van der Waals surface area contributed by atoms with Crippen LogP contribution in [-0.2, 0) is 11.2 Å².